The van der Waals surface area contributed by atoms with E-state index in [0.717, 1.165) is 5.56 Å². The summed E-state index contributed by atoms with van der Waals surface area (Å²) < 4.78 is 11.2. The average molecular weight is 336 g/mol. The van der Waals surface area contributed by atoms with Gasteiger partial charge in [-0.3, -0.25) is 4.79 Å². The Kier molecular flexibility index (Phi) is 4.66. The fourth-order valence-corrected chi connectivity index (χ4v) is 2.46. The first kappa shape index (κ1) is 16.5. The summed E-state index contributed by atoms with van der Waals surface area (Å²) in [6, 6.07) is 13.8. The maximum absolute atomic E-state index is 12.7. The molecular formula is C20H16O5. The molecule has 0 unspecified atom stereocenters. The summed E-state index contributed by atoms with van der Waals surface area (Å²) in [5.41, 5.74) is 0.897. The molecule has 5 nitrogen and oxygen atoms in total. The Labute approximate surface area is 143 Å². The fourth-order valence-electron chi connectivity index (χ4n) is 2.46. The fraction of sp³-hybridized carbons (Fsp3) is 0.100. The van der Waals surface area contributed by atoms with Gasteiger partial charge in [0.2, 0.25) is 11.2 Å². The largest absolute Gasteiger partial charge is 0.487 e. The van der Waals surface area contributed by atoms with Crippen LogP contribution in [0.2, 0.25) is 0 Å². The zero-order chi connectivity index (χ0) is 17.8. The van der Waals surface area contributed by atoms with Crippen LogP contribution in [0, 0.1) is 0 Å². The third-order valence-electron chi connectivity index (χ3n) is 3.64. The lowest BCUT2D eigenvalue weighted by Crippen LogP contribution is -2.10. The molecule has 1 heterocycles. The Morgan fingerprint density at radius 2 is 1.92 bits per heavy atom. The molecule has 1 N–H and O–H groups in total. The molecule has 0 spiro atoms. The van der Waals surface area contributed by atoms with E-state index in [1.54, 1.807) is 13.0 Å². The van der Waals surface area contributed by atoms with Gasteiger partial charge in [0.05, 0.1) is 17.6 Å². The van der Waals surface area contributed by atoms with Crippen molar-refractivity contribution in [2.45, 2.75) is 6.92 Å². The lowest BCUT2D eigenvalue weighted by atomic mass is 10.1. The highest BCUT2D eigenvalue weighted by Crippen LogP contribution is 2.24. The van der Waals surface area contributed by atoms with E-state index < -0.39 is 5.97 Å². The Morgan fingerprint density at radius 1 is 1.16 bits per heavy atom. The van der Waals surface area contributed by atoms with Crippen LogP contribution in [0.4, 0.5) is 0 Å². The van der Waals surface area contributed by atoms with E-state index in [1.807, 2.05) is 36.4 Å². The highest BCUT2D eigenvalue weighted by atomic mass is 16.5. The van der Waals surface area contributed by atoms with E-state index >= 15 is 0 Å². The monoisotopic (exact) mass is 336 g/mol. The first-order chi connectivity index (χ1) is 12.1. The second-order valence-electron chi connectivity index (χ2n) is 5.32. The highest BCUT2D eigenvalue weighted by Gasteiger charge is 2.15. The summed E-state index contributed by atoms with van der Waals surface area (Å²) in [6.45, 7) is 2.06. The summed E-state index contributed by atoms with van der Waals surface area (Å²) in [5.74, 6) is -0.733. The van der Waals surface area contributed by atoms with E-state index in [0.29, 0.717) is 18.0 Å². The van der Waals surface area contributed by atoms with Crippen LogP contribution in [0.15, 0.2) is 57.7 Å². The predicted molar refractivity (Wildman–Crippen MR) is 96.0 cm³/mol. The molecular weight excluding hydrogens is 320 g/mol. The van der Waals surface area contributed by atoms with Crippen LogP contribution >= 0.6 is 0 Å². The molecule has 0 fully saturated rings. The van der Waals surface area contributed by atoms with Crippen LogP contribution in [-0.4, -0.2) is 17.7 Å². The minimum absolute atomic E-state index is 0.0230. The van der Waals surface area contributed by atoms with E-state index in [1.165, 1.54) is 18.2 Å². The third kappa shape index (κ3) is 3.45. The Balaban J connectivity index is 2.16. The van der Waals surface area contributed by atoms with Crippen LogP contribution in [-0.2, 0) is 0 Å². The normalized spacial score (nSPS) is 11.1. The molecule has 0 aliphatic heterocycles. The molecule has 0 bridgehead atoms. The summed E-state index contributed by atoms with van der Waals surface area (Å²) >= 11 is 0. The lowest BCUT2D eigenvalue weighted by Gasteiger charge is -2.08. The van der Waals surface area contributed by atoms with Gasteiger partial charge >= 0.3 is 5.97 Å². The van der Waals surface area contributed by atoms with Gasteiger partial charge in [-0.05, 0) is 36.8 Å². The van der Waals surface area contributed by atoms with Gasteiger partial charge in [-0.1, -0.05) is 36.4 Å². The molecule has 0 saturated heterocycles. The van der Waals surface area contributed by atoms with Crippen molar-refractivity contribution < 1.29 is 19.1 Å². The molecule has 1 aromatic heterocycles. The molecule has 25 heavy (non-hydrogen) atoms. The topological polar surface area (TPSA) is 76.7 Å². The smallest absolute Gasteiger partial charge is 0.335 e. The van der Waals surface area contributed by atoms with Gasteiger partial charge in [-0.15, -0.1) is 0 Å². The number of hydrogen-bond donors (Lipinski definition) is 1. The minimum Gasteiger partial charge on any atom is -0.487 e. The molecule has 0 saturated carbocycles. The van der Waals surface area contributed by atoms with Gasteiger partial charge < -0.3 is 14.3 Å². The van der Waals surface area contributed by atoms with Crippen molar-refractivity contribution in [3.8, 4) is 5.75 Å². The summed E-state index contributed by atoms with van der Waals surface area (Å²) in [4.78, 5) is 23.8. The van der Waals surface area contributed by atoms with Crippen LogP contribution in [0.1, 0.15) is 28.6 Å². The first-order valence-corrected chi connectivity index (χ1v) is 7.80. The van der Waals surface area contributed by atoms with E-state index in [2.05, 4.69) is 0 Å². The van der Waals surface area contributed by atoms with Crippen LogP contribution in [0.25, 0.3) is 23.1 Å². The molecule has 0 aliphatic rings. The van der Waals surface area contributed by atoms with E-state index in [9.17, 15) is 9.59 Å². The zero-order valence-corrected chi connectivity index (χ0v) is 13.6. The molecule has 3 rings (SSSR count). The van der Waals surface area contributed by atoms with Gasteiger partial charge in [0.1, 0.15) is 5.58 Å². The second-order valence-corrected chi connectivity index (χ2v) is 5.32. The van der Waals surface area contributed by atoms with Crippen molar-refractivity contribution in [1.82, 2.24) is 0 Å². The number of carboxylic acids is 1. The van der Waals surface area contributed by atoms with Crippen molar-refractivity contribution in [1.29, 1.82) is 0 Å². The second kappa shape index (κ2) is 7.05. The number of carbonyl (C=O) groups is 1. The molecule has 0 aliphatic carbocycles. The van der Waals surface area contributed by atoms with Crippen LogP contribution in [0.3, 0.4) is 0 Å². The van der Waals surface area contributed by atoms with Gasteiger partial charge in [0.25, 0.3) is 0 Å². The van der Waals surface area contributed by atoms with Crippen LogP contribution in [0.5, 0.6) is 5.75 Å². The van der Waals surface area contributed by atoms with Crippen LogP contribution < -0.4 is 10.2 Å². The number of aromatic carboxylic acids is 1. The van der Waals surface area contributed by atoms with Crippen molar-refractivity contribution in [3.63, 3.8) is 0 Å². The van der Waals surface area contributed by atoms with Crippen molar-refractivity contribution >= 4 is 29.1 Å². The summed E-state index contributed by atoms with van der Waals surface area (Å²) in [6.07, 6.45) is 3.49. The quantitative estimate of drug-likeness (QED) is 0.760. The number of fused-ring (bicyclic) bond motifs is 1. The molecule has 2 aromatic carbocycles. The SMILES string of the molecule is CCOc1c(/C=C\c2ccccc2)oc2ccc(C(=O)O)cc2c1=O. The highest BCUT2D eigenvalue weighted by molar-refractivity contribution is 5.93. The summed E-state index contributed by atoms with van der Waals surface area (Å²) in [5, 5.41) is 9.28. The predicted octanol–water partition coefficient (Wildman–Crippen LogP) is 4.06. The van der Waals surface area contributed by atoms with Crippen molar-refractivity contribution in [2.24, 2.45) is 0 Å². The standard InChI is InChI=1S/C20H16O5/c1-2-24-19-17(10-8-13-6-4-3-5-7-13)25-16-11-9-14(20(22)23)12-15(16)18(19)21/h3-12H,2H2,1H3,(H,22,23)/b10-8-. The number of rotatable bonds is 5. The van der Waals surface area contributed by atoms with Gasteiger partial charge in [-0.2, -0.15) is 0 Å². The Hall–Kier alpha value is -3.34. The molecule has 5 heteroatoms. The van der Waals surface area contributed by atoms with E-state index in [4.69, 9.17) is 14.3 Å². The molecule has 3 aromatic rings. The average Bonchev–Trinajstić information content (AvgIpc) is 2.63. The maximum Gasteiger partial charge on any atom is 0.335 e. The first-order valence-electron chi connectivity index (χ1n) is 7.80. The maximum atomic E-state index is 12.7. The van der Waals surface area contributed by atoms with Gasteiger partial charge in [0, 0.05) is 0 Å². The lowest BCUT2D eigenvalue weighted by molar-refractivity contribution is 0.0697. The van der Waals surface area contributed by atoms with Gasteiger partial charge in [-0.25, -0.2) is 4.79 Å². The minimum atomic E-state index is -1.10. The molecule has 0 amide bonds. The van der Waals surface area contributed by atoms with Crippen molar-refractivity contribution in [2.75, 3.05) is 6.61 Å². The number of carboxylic acid groups (broad SMARTS) is 1. The number of benzene rings is 2. The Morgan fingerprint density at radius 3 is 2.60 bits per heavy atom. The number of ether oxygens (including phenoxy) is 1. The molecule has 0 atom stereocenters. The zero-order valence-electron chi connectivity index (χ0n) is 13.6. The Bertz CT molecular complexity index is 1000. The van der Waals surface area contributed by atoms with Gasteiger partial charge in [0.15, 0.2) is 5.76 Å². The number of hydrogen-bond acceptors (Lipinski definition) is 4. The molecule has 0 radical (unpaired) electrons. The summed E-state index contributed by atoms with van der Waals surface area (Å²) in [7, 11) is 0. The molecule has 126 valence electrons. The van der Waals surface area contributed by atoms with Crippen molar-refractivity contribution in [3.05, 3.63) is 75.6 Å². The third-order valence-corrected chi connectivity index (χ3v) is 3.64. The van der Waals surface area contributed by atoms with E-state index in [-0.39, 0.29) is 22.1 Å².